The van der Waals surface area contributed by atoms with Crippen molar-refractivity contribution in [3.8, 4) is 0 Å². The molecule has 110 valence electrons. The van der Waals surface area contributed by atoms with E-state index in [1.807, 2.05) is 30.3 Å². The molecule has 0 saturated heterocycles. The van der Waals surface area contributed by atoms with E-state index in [1.165, 1.54) is 0 Å². The summed E-state index contributed by atoms with van der Waals surface area (Å²) in [5, 5.41) is 5.93. The van der Waals surface area contributed by atoms with Gasteiger partial charge in [0.1, 0.15) is 5.70 Å². The SMILES string of the molecule is COC(=O)/C(N=[N+]=[N-])=C(\NCc1ccccc1)C(=O)OC. The van der Waals surface area contributed by atoms with Crippen LogP contribution in [0, 0.1) is 0 Å². The summed E-state index contributed by atoms with van der Waals surface area (Å²) >= 11 is 0. The molecular formula is C13H14N4O4. The van der Waals surface area contributed by atoms with Crippen molar-refractivity contribution in [3.05, 3.63) is 57.7 Å². The number of methoxy groups -OCH3 is 2. The van der Waals surface area contributed by atoms with Crippen molar-refractivity contribution < 1.29 is 19.1 Å². The minimum Gasteiger partial charge on any atom is -0.465 e. The first-order valence-corrected chi connectivity index (χ1v) is 5.87. The van der Waals surface area contributed by atoms with Crippen molar-refractivity contribution in [2.75, 3.05) is 14.2 Å². The van der Waals surface area contributed by atoms with Crippen LogP contribution in [0.2, 0.25) is 0 Å². The van der Waals surface area contributed by atoms with Gasteiger partial charge in [0, 0.05) is 11.5 Å². The number of hydrogen-bond acceptors (Lipinski definition) is 6. The maximum absolute atomic E-state index is 11.7. The normalized spacial score (nSPS) is 10.8. The van der Waals surface area contributed by atoms with E-state index in [-0.39, 0.29) is 12.2 Å². The molecule has 0 bridgehead atoms. The number of carbonyl (C=O) groups is 2. The molecule has 0 aliphatic rings. The molecule has 8 heteroatoms. The fourth-order valence-electron chi connectivity index (χ4n) is 1.48. The average molecular weight is 290 g/mol. The molecule has 1 aromatic rings. The van der Waals surface area contributed by atoms with Crippen molar-refractivity contribution in [1.82, 2.24) is 5.32 Å². The van der Waals surface area contributed by atoms with E-state index in [9.17, 15) is 9.59 Å². The maximum atomic E-state index is 11.7. The summed E-state index contributed by atoms with van der Waals surface area (Å²) in [6.45, 7) is 0.243. The largest absolute Gasteiger partial charge is 0.465 e. The summed E-state index contributed by atoms with van der Waals surface area (Å²) in [5.74, 6) is -1.77. The number of hydrogen-bond donors (Lipinski definition) is 1. The minimum atomic E-state index is -0.936. The number of benzene rings is 1. The van der Waals surface area contributed by atoms with Crippen LogP contribution in [0.3, 0.4) is 0 Å². The molecule has 0 fully saturated rings. The van der Waals surface area contributed by atoms with Gasteiger partial charge in [0.15, 0.2) is 5.70 Å². The molecule has 0 spiro atoms. The summed E-state index contributed by atoms with van der Waals surface area (Å²) < 4.78 is 9.06. The zero-order valence-corrected chi connectivity index (χ0v) is 11.6. The van der Waals surface area contributed by atoms with Crippen LogP contribution in [-0.2, 0) is 25.6 Å². The number of azide groups is 1. The first kappa shape index (κ1) is 16.1. The lowest BCUT2D eigenvalue weighted by Crippen LogP contribution is -2.25. The standard InChI is InChI=1S/C13H14N4O4/c1-20-12(18)10(11(16-17-14)13(19)21-2)15-8-9-6-4-3-5-7-9/h3-7,15H,8H2,1-2H3/b11-10+. The first-order chi connectivity index (χ1) is 10.1. The smallest absolute Gasteiger partial charge is 0.354 e. The lowest BCUT2D eigenvalue weighted by molar-refractivity contribution is -0.139. The van der Waals surface area contributed by atoms with E-state index >= 15 is 0 Å². The van der Waals surface area contributed by atoms with Crippen molar-refractivity contribution in [1.29, 1.82) is 0 Å². The summed E-state index contributed by atoms with van der Waals surface area (Å²) in [6.07, 6.45) is 0. The minimum absolute atomic E-state index is 0.243. The Kier molecular flexibility index (Phi) is 6.30. The number of nitrogens with one attached hydrogen (secondary N) is 1. The highest BCUT2D eigenvalue weighted by Crippen LogP contribution is 2.10. The number of nitrogens with zero attached hydrogens (tertiary/aromatic N) is 3. The quantitative estimate of drug-likeness (QED) is 0.281. The van der Waals surface area contributed by atoms with Gasteiger partial charge in [-0.05, 0) is 11.1 Å². The second-order valence-electron chi connectivity index (χ2n) is 3.74. The predicted octanol–water partition coefficient (Wildman–Crippen LogP) is 1.64. The number of carbonyl (C=O) groups excluding carboxylic acids is 2. The highest BCUT2D eigenvalue weighted by Gasteiger charge is 2.21. The number of esters is 2. The van der Waals surface area contributed by atoms with E-state index in [4.69, 9.17) is 5.53 Å². The fourth-order valence-corrected chi connectivity index (χ4v) is 1.48. The van der Waals surface area contributed by atoms with Gasteiger partial charge >= 0.3 is 11.9 Å². The Morgan fingerprint density at radius 2 is 1.81 bits per heavy atom. The monoisotopic (exact) mass is 290 g/mol. The van der Waals surface area contributed by atoms with Crippen LogP contribution in [0.25, 0.3) is 10.4 Å². The third-order valence-corrected chi connectivity index (χ3v) is 2.46. The van der Waals surface area contributed by atoms with Crippen LogP contribution in [0.1, 0.15) is 5.56 Å². The van der Waals surface area contributed by atoms with Gasteiger partial charge in [0.05, 0.1) is 14.2 Å². The average Bonchev–Trinajstić information content (AvgIpc) is 2.53. The molecule has 8 nitrogen and oxygen atoms in total. The molecule has 0 amide bonds. The molecule has 1 aromatic carbocycles. The fraction of sp³-hybridized carbons (Fsp3) is 0.231. The third kappa shape index (κ3) is 4.55. The maximum Gasteiger partial charge on any atom is 0.354 e. The van der Waals surface area contributed by atoms with Gasteiger partial charge in [-0.25, -0.2) is 9.59 Å². The molecule has 1 rings (SSSR count). The summed E-state index contributed by atoms with van der Waals surface area (Å²) in [7, 11) is 2.26. The van der Waals surface area contributed by atoms with Crippen LogP contribution in [0.15, 0.2) is 46.8 Å². The van der Waals surface area contributed by atoms with E-state index in [0.717, 1.165) is 19.8 Å². The number of rotatable bonds is 6. The predicted molar refractivity (Wildman–Crippen MR) is 73.5 cm³/mol. The van der Waals surface area contributed by atoms with Crippen LogP contribution >= 0.6 is 0 Å². The molecule has 0 radical (unpaired) electrons. The Balaban J connectivity index is 3.11. The van der Waals surface area contributed by atoms with Crippen LogP contribution < -0.4 is 5.32 Å². The van der Waals surface area contributed by atoms with Crippen LogP contribution in [-0.4, -0.2) is 26.2 Å². The molecule has 0 heterocycles. The van der Waals surface area contributed by atoms with E-state index in [1.54, 1.807) is 0 Å². The van der Waals surface area contributed by atoms with Crippen molar-refractivity contribution in [2.45, 2.75) is 6.54 Å². The van der Waals surface area contributed by atoms with Crippen LogP contribution in [0.4, 0.5) is 0 Å². The molecule has 0 aromatic heterocycles. The van der Waals surface area contributed by atoms with E-state index < -0.39 is 17.6 Å². The van der Waals surface area contributed by atoms with E-state index in [2.05, 4.69) is 24.8 Å². The van der Waals surface area contributed by atoms with Crippen molar-refractivity contribution in [2.24, 2.45) is 5.11 Å². The van der Waals surface area contributed by atoms with Crippen molar-refractivity contribution in [3.63, 3.8) is 0 Å². The Bertz CT molecular complexity index is 591. The van der Waals surface area contributed by atoms with Gasteiger partial charge in [-0.15, -0.1) is 0 Å². The van der Waals surface area contributed by atoms with Gasteiger partial charge in [-0.1, -0.05) is 35.4 Å². The van der Waals surface area contributed by atoms with Gasteiger partial charge in [-0.2, -0.15) is 0 Å². The Morgan fingerprint density at radius 3 is 2.33 bits per heavy atom. The molecule has 0 aliphatic heterocycles. The molecule has 0 unspecified atom stereocenters. The Labute approximate surface area is 121 Å². The molecule has 0 atom stereocenters. The zero-order chi connectivity index (χ0) is 15.7. The molecule has 0 aliphatic carbocycles. The molecule has 1 N–H and O–H groups in total. The van der Waals surface area contributed by atoms with Gasteiger partial charge in [0.25, 0.3) is 0 Å². The van der Waals surface area contributed by atoms with Gasteiger partial charge in [-0.3, -0.25) is 0 Å². The molecular weight excluding hydrogens is 276 g/mol. The Morgan fingerprint density at radius 1 is 1.19 bits per heavy atom. The third-order valence-electron chi connectivity index (χ3n) is 2.46. The van der Waals surface area contributed by atoms with Crippen molar-refractivity contribution >= 4 is 11.9 Å². The molecule has 0 saturated carbocycles. The van der Waals surface area contributed by atoms with Crippen LogP contribution in [0.5, 0.6) is 0 Å². The van der Waals surface area contributed by atoms with E-state index in [0.29, 0.717) is 0 Å². The summed E-state index contributed by atoms with van der Waals surface area (Å²) in [4.78, 5) is 25.8. The lowest BCUT2D eigenvalue weighted by Gasteiger charge is -2.11. The highest BCUT2D eigenvalue weighted by molar-refractivity contribution is 5.99. The van der Waals surface area contributed by atoms with Gasteiger partial charge < -0.3 is 14.8 Å². The molecule has 21 heavy (non-hydrogen) atoms. The topological polar surface area (TPSA) is 113 Å². The highest BCUT2D eigenvalue weighted by atomic mass is 16.5. The second kappa shape index (κ2) is 8.23. The Hall–Kier alpha value is -2.99. The summed E-state index contributed by atoms with van der Waals surface area (Å²) in [6, 6.07) is 9.15. The first-order valence-electron chi connectivity index (χ1n) is 5.87. The summed E-state index contributed by atoms with van der Waals surface area (Å²) in [5.41, 5.74) is 8.63. The lowest BCUT2D eigenvalue weighted by atomic mass is 10.2. The zero-order valence-electron chi connectivity index (χ0n) is 11.6. The van der Waals surface area contributed by atoms with Gasteiger partial charge in [0.2, 0.25) is 0 Å². The number of ether oxygens (including phenoxy) is 2. The second-order valence-corrected chi connectivity index (χ2v) is 3.74.